The lowest BCUT2D eigenvalue weighted by Crippen LogP contribution is -2.26. The molecule has 0 N–H and O–H groups in total. The number of hydrogen-bond donors (Lipinski definition) is 0. The van der Waals surface area contributed by atoms with Gasteiger partial charge >= 0.3 is 0 Å². The lowest BCUT2D eigenvalue weighted by Gasteiger charge is -2.23. The smallest absolute Gasteiger partial charge is 0.0682 e. The minimum absolute atomic E-state index is 0.207. The predicted octanol–water partition coefficient (Wildman–Crippen LogP) is 12.3. The van der Waals surface area contributed by atoms with E-state index in [0.29, 0.717) is 0 Å². The van der Waals surface area contributed by atoms with Gasteiger partial charge in [-0.1, -0.05) is 135 Å². The van der Waals surface area contributed by atoms with E-state index in [0.717, 1.165) is 17.1 Å². The van der Waals surface area contributed by atoms with E-state index in [1.54, 1.807) is 0 Å². The maximum atomic E-state index is 5.22. The Morgan fingerprint density at radius 2 is 0.979 bits per heavy atom. The molecule has 48 heavy (non-hydrogen) atoms. The summed E-state index contributed by atoms with van der Waals surface area (Å²) >= 11 is 0. The highest BCUT2D eigenvalue weighted by Crippen LogP contribution is 2.46. The van der Waals surface area contributed by atoms with Gasteiger partial charge in [-0.25, -0.2) is 0 Å². The summed E-state index contributed by atoms with van der Waals surface area (Å²) in [4.78, 5) is 5.22. The van der Waals surface area contributed by atoms with E-state index in [2.05, 4.69) is 176 Å². The maximum Gasteiger partial charge on any atom is 0.0682 e. The first kappa shape index (κ1) is 27.2. The van der Waals surface area contributed by atoms with Crippen LogP contribution in [0.15, 0.2) is 163 Å². The molecule has 226 valence electrons. The van der Waals surface area contributed by atoms with Crippen LogP contribution in [0.25, 0.3) is 70.9 Å². The van der Waals surface area contributed by atoms with Gasteiger partial charge in [0, 0.05) is 21.9 Å². The van der Waals surface area contributed by atoms with Crippen molar-refractivity contribution in [3.8, 4) is 16.8 Å². The summed E-state index contributed by atoms with van der Waals surface area (Å²) in [5, 5.41) is 10.3. The van der Waals surface area contributed by atoms with Gasteiger partial charge in [-0.3, -0.25) is 4.99 Å². The van der Waals surface area contributed by atoms with E-state index in [4.69, 9.17) is 4.99 Å². The average Bonchev–Trinajstić information content (AvgIpc) is 3.61. The second-order valence-electron chi connectivity index (χ2n) is 13.6. The van der Waals surface area contributed by atoms with Crippen molar-refractivity contribution in [1.82, 2.24) is 4.57 Å². The number of hydrogen-bond acceptors (Lipinski definition) is 1. The van der Waals surface area contributed by atoms with Crippen LogP contribution in [0, 0.1) is 0 Å². The highest BCUT2D eigenvalue weighted by molar-refractivity contribution is 6.25. The molecule has 0 amide bonds. The summed E-state index contributed by atoms with van der Waals surface area (Å²) in [7, 11) is 0. The molecule has 1 aromatic heterocycles. The Morgan fingerprint density at radius 3 is 1.67 bits per heavy atom. The van der Waals surface area contributed by atoms with Gasteiger partial charge in [-0.05, 0) is 91.0 Å². The SMILES string of the molecule is CC1(C)C(c2ccccc2)=Nc2cc3c4ccccc4n(-c4ccc(-c5ccc6c7ccccc7c7ccccc7c6c5)cc4)c3cc21. The third-order valence-electron chi connectivity index (χ3n) is 10.5. The third-order valence-corrected chi connectivity index (χ3v) is 10.5. The molecule has 0 bridgehead atoms. The molecule has 0 spiro atoms. The van der Waals surface area contributed by atoms with Gasteiger partial charge in [-0.2, -0.15) is 0 Å². The largest absolute Gasteiger partial charge is 0.309 e. The molecule has 0 saturated carbocycles. The molecule has 0 radical (unpaired) electrons. The molecule has 0 fully saturated rings. The zero-order chi connectivity index (χ0) is 32.0. The van der Waals surface area contributed by atoms with Crippen molar-refractivity contribution in [1.29, 1.82) is 0 Å². The van der Waals surface area contributed by atoms with Gasteiger partial charge in [0.1, 0.15) is 0 Å². The number of benzene rings is 8. The number of rotatable bonds is 3. The van der Waals surface area contributed by atoms with Crippen LogP contribution in [-0.2, 0) is 5.41 Å². The first-order valence-corrected chi connectivity index (χ1v) is 16.7. The topological polar surface area (TPSA) is 17.3 Å². The summed E-state index contributed by atoms with van der Waals surface area (Å²) < 4.78 is 2.42. The van der Waals surface area contributed by atoms with Crippen molar-refractivity contribution in [2.24, 2.45) is 4.99 Å². The first-order chi connectivity index (χ1) is 23.6. The molecule has 0 atom stereocenters. The minimum atomic E-state index is -0.207. The highest BCUT2D eigenvalue weighted by atomic mass is 15.0. The van der Waals surface area contributed by atoms with E-state index in [-0.39, 0.29) is 5.41 Å². The fraction of sp³-hybridized carbons (Fsp3) is 0.0652. The van der Waals surface area contributed by atoms with Gasteiger partial charge in [-0.15, -0.1) is 0 Å². The van der Waals surface area contributed by atoms with Crippen molar-refractivity contribution < 1.29 is 0 Å². The average molecular weight is 613 g/mol. The summed E-state index contributed by atoms with van der Waals surface area (Å²) in [6, 6.07) is 57.6. The molecule has 0 unspecified atom stereocenters. The molecule has 1 aliphatic rings. The molecule has 10 rings (SSSR count). The van der Waals surface area contributed by atoms with Gasteiger partial charge < -0.3 is 4.57 Å². The van der Waals surface area contributed by atoms with Crippen molar-refractivity contribution in [2.45, 2.75) is 19.3 Å². The molecule has 0 saturated heterocycles. The zero-order valence-electron chi connectivity index (χ0n) is 26.9. The van der Waals surface area contributed by atoms with Gasteiger partial charge in [0.25, 0.3) is 0 Å². The zero-order valence-corrected chi connectivity index (χ0v) is 26.9. The summed E-state index contributed by atoms with van der Waals surface area (Å²) in [5.74, 6) is 0. The van der Waals surface area contributed by atoms with Gasteiger partial charge in [0.15, 0.2) is 0 Å². The Hall–Kier alpha value is -5.99. The highest BCUT2D eigenvalue weighted by Gasteiger charge is 2.36. The molecular weight excluding hydrogens is 581 g/mol. The van der Waals surface area contributed by atoms with Crippen molar-refractivity contribution in [3.63, 3.8) is 0 Å². The summed E-state index contributed by atoms with van der Waals surface area (Å²) in [5.41, 5.74) is 10.4. The first-order valence-electron chi connectivity index (χ1n) is 16.7. The van der Waals surface area contributed by atoms with Crippen LogP contribution in [0.5, 0.6) is 0 Å². The quantitative estimate of drug-likeness (QED) is 0.177. The second-order valence-corrected chi connectivity index (χ2v) is 13.6. The Balaban J connectivity index is 1.12. The van der Waals surface area contributed by atoms with Crippen LogP contribution in [0.4, 0.5) is 5.69 Å². The molecule has 8 aromatic carbocycles. The van der Waals surface area contributed by atoms with Gasteiger partial charge in [0.2, 0.25) is 0 Å². The lowest BCUT2D eigenvalue weighted by molar-refractivity contribution is 0.738. The van der Waals surface area contributed by atoms with Crippen LogP contribution >= 0.6 is 0 Å². The monoisotopic (exact) mass is 612 g/mol. The molecule has 1 aliphatic heterocycles. The van der Waals surface area contributed by atoms with E-state index in [1.165, 1.54) is 76.4 Å². The fourth-order valence-corrected chi connectivity index (χ4v) is 8.17. The van der Waals surface area contributed by atoms with Crippen LogP contribution < -0.4 is 0 Å². The number of para-hydroxylation sites is 1. The van der Waals surface area contributed by atoms with E-state index >= 15 is 0 Å². The minimum Gasteiger partial charge on any atom is -0.309 e. The second kappa shape index (κ2) is 10.0. The van der Waals surface area contributed by atoms with Crippen LogP contribution in [-0.4, -0.2) is 10.3 Å². The maximum absolute atomic E-state index is 5.22. The van der Waals surface area contributed by atoms with Crippen molar-refractivity contribution in [3.05, 3.63) is 169 Å². The van der Waals surface area contributed by atoms with E-state index < -0.39 is 0 Å². The number of aromatic nitrogens is 1. The number of nitrogens with zero attached hydrogens (tertiary/aromatic N) is 2. The number of aliphatic imine (C=N–C) groups is 1. The normalized spacial score (nSPS) is 13.9. The van der Waals surface area contributed by atoms with Gasteiger partial charge in [0.05, 0.1) is 22.4 Å². The lowest BCUT2D eigenvalue weighted by atomic mass is 9.79. The fourth-order valence-electron chi connectivity index (χ4n) is 8.17. The molecule has 9 aromatic rings. The molecule has 0 aliphatic carbocycles. The predicted molar refractivity (Wildman–Crippen MR) is 204 cm³/mol. The molecular formula is C46H32N2. The standard InChI is InChI=1S/C46H32N2/c1-46(2)41-28-44-40(27-42(41)47-45(46)30-12-4-3-5-13-30)38-18-10-11-19-43(38)48(44)32-23-20-29(21-24-32)31-22-25-37-35-16-7-6-14-33(35)34-15-8-9-17-36(34)39(37)26-31/h3-28H,1-2H3. The molecule has 2 nitrogen and oxygen atoms in total. The Bertz CT molecular complexity index is 2740. The van der Waals surface area contributed by atoms with E-state index in [1.807, 2.05) is 0 Å². The van der Waals surface area contributed by atoms with Crippen molar-refractivity contribution in [2.75, 3.05) is 0 Å². The summed E-state index contributed by atoms with van der Waals surface area (Å²) in [6.45, 7) is 4.60. The molecule has 2 heteroatoms. The van der Waals surface area contributed by atoms with Crippen molar-refractivity contribution >= 4 is 65.5 Å². The summed E-state index contributed by atoms with van der Waals surface area (Å²) in [6.07, 6.45) is 0. The van der Waals surface area contributed by atoms with Crippen LogP contribution in [0.1, 0.15) is 25.0 Å². The number of fused-ring (bicyclic) bond motifs is 10. The molecule has 2 heterocycles. The Kier molecular flexibility index (Phi) is 5.66. The third kappa shape index (κ3) is 3.83. The Morgan fingerprint density at radius 1 is 0.417 bits per heavy atom. The van der Waals surface area contributed by atoms with Crippen LogP contribution in [0.2, 0.25) is 0 Å². The van der Waals surface area contributed by atoms with E-state index in [9.17, 15) is 0 Å². The Labute approximate surface area is 279 Å². The van der Waals surface area contributed by atoms with Crippen LogP contribution in [0.3, 0.4) is 0 Å².